The Hall–Kier alpha value is -4.85. The Balaban J connectivity index is 1.36. The maximum atomic E-state index is 13.7. The van der Waals surface area contributed by atoms with Crippen LogP contribution in [0, 0.1) is 5.82 Å². The molecule has 0 aliphatic carbocycles. The van der Waals surface area contributed by atoms with Gasteiger partial charge in [0.2, 0.25) is 0 Å². The lowest BCUT2D eigenvalue weighted by molar-refractivity contribution is 0.0727. The summed E-state index contributed by atoms with van der Waals surface area (Å²) in [4.78, 5) is 36.7. The first kappa shape index (κ1) is 24.8. The molecular weight excluding hydrogens is 483 g/mol. The van der Waals surface area contributed by atoms with Crippen LogP contribution >= 0.6 is 0 Å². The SMILES string of the molecule is O=C(c1cnc2ccccn2c1=O)N(Cc1ccncc1)Cc1cccc(OCCc2ccc(F)cc2)c1. The second-order valence-corrected chi connectivity index (χ2v) is 8.79. The van der Waals surface area contributed by atoms with Crippen molar-refractivity contribution in [2.45, 2.75) is 19.5 Å². The van der Waals surface area contributed by atoms with Gasteiger partial charge in [-0.25, -0.2) is 9.37 Å². The van der Waals surface area contributed by atoms with Crippen LogP contribution in [0.4, 0.5) is 4.39 Å². The van der Waals surface area contributed by atoms with Gasteiger partial charge in [-0.05, 0) is 65.2 Å². The molecule has 0 radical (unpaired) electrons. The van der Waals surface area contributed by atoms with Gasteiger partial charge in [0.05, 0.1) is 6.61 Å². The lowest BCUT2D eigenvalue weighted by Crippen LogP contribution is -2.35. The molecule has 0 unspecified atom stereocenters. The highest BCUT2D eigenvalue weighted by Gasteiger charge is 2.21. The molecule has 3 heterocycles. The van der Waals surface area contributed by atoms with Gasteiger partial charge in [0.1, 0.15) is 22.8 Å². The molecule has 1 amide bonds. The maximum Gasteiger partial charge on any atom is 0.270 e. The molecule has 7 nitrogen and oxygen atoms in total. The molecule has 8 heteroatoms. The molecule has 0 spiro atoms. The average Bonchev–Trinajstić information content (AvgIpc) is 2.95. The van der Waals surface area contributed by atoms with E-state index in [1.54, 1.807) is 53.8 Å². The van der Waals surface area contributed by atoms with Gasteiger partial charge in [0, 0.05) is 44.3 Å². The third kappa shape index (κ3) is 5.92. The van der Waals surface area contributed by atoms with E-state index in [0.717, 1.165) is 16.7 Å². The molecule has 38 heavy (non-hydrogen) atoms. The molecule has 0 N–H and O–H groups in total. The predicted molar refractivity (Wildman–Crippen MR) is 141 cm³/mol. The maximum absolute atomic E-state index is 13.7. The molecule has 3 aromatic heterocycles. The van der Waals surface area contributed by atoms with Crippen molar-refractivity contribution in [1.29, 1.82) is 0 Å². The summed E-state index contributed by atoms with van der Waals surface area (Å²) < 4.78 is 20.4. The van der Waals surface area contributed by atoms with Crippen LogP contribution < -0.4 is 10.3 Å². The van der Waals surface area contributed by atoms with Crippen LogP contribution in [0.5, 0.6) is 5.75 Å². The van der Waals surface area contributed by atoms with E-state index < -0.39 is 11.5 Å². The van der Waals surface area contributed by atoms with E-state index in [4.69, 9.17) is 4.74 Å². The first-order valence-corrected chi connectivity index (χ1v) is 12.2. The van der Waals surface area contributed by atoms with Gasteiger partial charge in [0.15, 0.2) is 0 Å². The lowest BCUT2D eigenvalue weighted by Gasteiger charge is -2.23. The number of fused-ring (bicyclic) bond motifs is 1. The van der Waals surface area contributed by atoms with Crippen molar-refractivity contribution in [3.05, 3.63) is 142 Å². The zero-order chi connectivity index (χ0) is 26.3. The van der Waals surface area contributed by atoms with E-state index in [-0.39, 0.29) is 24.5 Å². The topological polar surface area (TPSA) is 76.8 Å². The first-order chi connectivity index (χ1) is 18.6. The number of nitrogens with zero attached hydrogens (tertiary/aromatic N) is 4. The molecule has 0 saturated heterocycles. The van der Waals surface area contributed by atoms with Crippen LogP contribution in [0.1, 0.15) is 27.0 Å². The number of ether oxygens (including phenoxy) is 1. The third-order valence-corrected chi connectivity index (χ3v) is 6.10. The van der Waals surface area contributed by atoms with E-state index in [1.165, 1.54) is 22.7 Å². The number of benzene rings is 2. The number of hydrogen-bond donors (Lipinski definition) is 0. The second kappa shape index (κ2) is 11.5. The largest absolute Gasteiger partial charge is 0.493 e. The van der Waals surface area contributed by atoms with Gasteiger partial charge in [-0.15, -0.1) is 0 Å². The standard InChI is InChI=1S/C30H25FN4O3/c31-25-9-7-22(8-10-25)13-17-38-26-5-3-4-24(18-26)21-34(20-23-11-14-32-15-12-23)29(36)27-19-33-28-6-1-2-16-35(28)30(27)37/h1-12,14-16,18-19H,13,17,20-21H2. The summed E-state index contributed by atoms with van der Waals surface area (Å²) in [6.07, 6.45) is 6.91. The summed E-state index contributed by atoms with van der Waals surface area (Å²) in [5.74, 6) is -0.0241. The van der Waals surface area contributed by atoms with Gasteiger partial charge in [-0.1, -0.05) is 30.3 Å². The summed E-state index contributed by atoms with van der Waals surface area (Å²) >= 11 is 0. The molecule has 0 atom stereocenters. The highest BCUT2D eigenvalue weighted by Crippen LogP contribution is 2.18. The summed E-state index contributed by atoms with van der Waals surface area (Å²) in [5, 5.41) is 0. The summed E-state index contributed by atoms with van der Waals surface area (Å²) in [6.45, 7) is 0.968. The zero-order valence-electron chi connectivity index (χ0n) is 20.5. The number of aromatic nitrogens is 3. The van der Waals surface area contributed by atoms with Crippen molar-refractivity contribution in [3.8, 4) is 5.75 Å². The number of hydrogen-bond acceptors (Lipinski definition) is 5. The van der Waals surface area contributed by atoms with Crippen molar-refractivity contribution in [2.75, 3.05) is 6.61 Å². The van der Waals surface area contributed by atoms with E-state index in [1.807, 2.05) is 36.4 Å². The Morgan fingerprint density at radius 3 is 2.50 bits per heavy atom. The second-order valence-electron chi connectivity index (χ2n) is 8.79. The monoisotopic (exact) mass is 508 g/mol. The normalized spacial score (nSPS) is 10.9. The fourth-order valence-corrected chi connectivity index (χ4v) is 4.14. The van der Waals surface area contributed by atoms with Crippen molar-refractivity contribution < 1.29 is 13.9 Å². The molecular formula is C30H25FN4O3. The van der Waals surface area contributed by atoms with Gasteiger partial charge in [-0.2, -0.15) is 0 Å². The third-order valence-electron chi connectivity index (χ3n) is 6.10. The van der Waals surface area contributed by atoms with Crippen LogP contribution in [0.25, 0.3) is 5.65 Å². The number of pyridine rings is 2. The molecule has 0 saturated carbocycles. The Labute approximate surface area is 218 Å². The Morgan fingerprint density at radius 1 is 0.895 bits per heavy atom. The van der Waals surface area contributed by atoms with Crippen molar-refractivity contribution in [1.82, 2.24) is 19.3 Å². The molecule has 2 aromatic carbocycles. The summed E-state index contributed by atoms with van der Waals surface area (Å²) in [6, 6.07) is 22.7. The Kier molecular flexibility index (Phi) is 7.49. The molecule has 190 valence electrons. The van der Waals surface area contributed by atoms with E-state index in [0.29, 0.717) is 24.4 Å². The van der Waals surface area contributed by atoms with Crippen LogP contribution in [0.3, 0.4) is 0 Å². The molecule has 5 aromatic rings. The number of halogens is 1. The van der Waals surface area contributed by atoms with Gasteiger partial charge in [0.25, 0.3) is 11.5 Å². The predicted octanol–water partition coefficient (Wildman–Crippen LogP) is 4.69. The zero-order valence-corrected chi connectivity index (χ0v) is 20.5. The molecule has 0 bridgehead atoms. The van der Waals surface area contributed by atoms with Crippen molar-refractivity contribution in [3.63, 3.8) is 0 Å². The molecule has 5 rings (SSSR count). The van der Waals surface area contributed by atoms with Crippen LogP contribution in [-0.2, 0) is 19.5 Å². The minimum absolute atomic E-state index is 0.00513. The number of amides is 1. The van der Waals surface area contributed by atoms with Crippen LogP contribution in [-0.4, -0.2) is 31.8 Å². The van der Waals surface area contributed by atoms with E-state index in [9.17, 15) is 14.0 Å². The summed E-state index contributed by atoms with van der Waals surface area (Å²) in [7, 11) is 0. The Bertz CT molecular complexity index is 1600. The molecule has 0 fully saturated rings. The fraction of sp³-hybridized carbons (Fsp3) is 0.133. The summed E-state index contributed by atoms with van der Waals surface area (Å²) in [5.41, 5.74) is 2.76. The highest BCUT2D eigenvalue weighted by molar-refractivity contribution is 5.93. The number of carbonyl (C=O) groups excluding carboxylic acids is 1. The van der Waals surface area contributed by atoms with Crippen LogP contribution in [0.2, 0.25) is 0 Å². The lowest BCUT2D eigenvalue weighted by atomic mass is 10.1. The van der Waals surface area contributed by atoms with Gasteiger partial charge in [-0.3, -0.25) is 19.0 Å². The van der Waals surface area contributed by atoms with Crippen LogP contribution in [0.15, 0.2) is 108 Å². The average molecular weight is 509 g/mol. The van der Waals surface area contributed by atoms with Gasteiger partial charge >= 0.3 is 0 Å². The van der Waals surface area contributed by atoms with Crippen molar-refractivity contribution >= 4 is 11.6 Å². The first-order valence-electron chi connectivity index (χ1n) is 12.2. The molecule has 0 aliphatic rings. The number of carbonyl (C=O) groups is 1. The number of rotatable bonds is 9. The fourth-order valence-electron chi connectivity index (χ4n) is 4.14. The highest BCUT2D eigenvalue weighted by atomic mass is 19.1. The quantitative estimate of drug-likeness (QED) is 0.289. The Morgan fingerprint density at radius 2 is 1.68 bits per heavy atom. The van der Waals surface area contributed by atoms with Crippen molar-refractivity contribution in [2.24, 2.45) is 0 Å². The smallest absolute Gasteiger partial charge is 0.270 e. The van der Waals surface area contributed by atoms with E-state index >= 15 is 0 Å². The van der Waals surface area contributed by atoms with Gasteiger partial charge < -0.3 is 9.64 Å². The minimum atomic E-state index is -0.418. The molecule has 0 aliphatic heterocycles. The minimum Gasteiger partial charge on any atom is -0.493 e. The van der Waals surface area contributed by atoms with E-state index in [2.05, 4.69) is 9.97 Å².